The fourth-order valence-electron chi connectivity index (χ4n) is 7.38. The smallest absolute Gasteiger partial charge is 0.238 e. The van der Waals surface area contributed by atoms with Gasteiger partial charge < -0.3 is 10.2 Å². The van der Waals surface area contributed by atoms with Crippen LogP contribution in [0.2, 0.25) is 5.02 Å². The molecular formula is C37H31ClN2O3. The van der Waals surface area contributed by atoms with Gasteiger partial charge in [0.05, 0.1) is 12.0 Å². The van der Waals surface area contributed by atoms with Gasteiger partial charge in [0.1, 0.15) is 11.5 Å². The van der Waals surface area contributed by atoms with Crippen LogP contribution in [0.3, 0.4) is 0 Å². The van der Waals surface area contributed by atoms with Crippen molar-refractivity contribution in [3.8, 4) is 0 Å². The number of nitrogens with zero attached hydrogens (tertiary/aromatic N) is 1. The number of hydrogen-bond donors (Lipinski definition) is 1. The van der Waals surface area contributed by atoms with Crippen molar-refractivity contribution in [2.24, 2.45) is 11.8 Å². The van der Waals surface area contributed by atoms with Crippen LogP contribution in [0.5, 0.6) is 0 Å². The summed E-state index contributed by atoms with van der Waals surface area (Å²) in [4.78, 5) is 46.1. The number of amides is 1. The summed E-state index contributed by atoms with van der Waals surface area (Å²) >= 11 is 6.39. The summed E-state index contributed by atoms with van der Waals surface area (Å²) in [5.41, 5.74) is 3.78. The number of carbonyl (C=O) groups is 3. The van der Waals surface area contributed by atoms with E-state index in [2.05, 4.69) is 19.2 Å². The summed E-state index contributed by atoms with van der Waals surface area (Å²) in [7, 11) is 0. The van der Waals surface area contributed by atoms with Crippen LogP contribution in [-0.4, -0.2) is 29.6 Å². The van der Waals surface area contributed by atoms with Gasteiger partial charge >= 0.3 is 0 Å². The number of Topliss-reactive ketones (excluding diaryl/α,β-unsaturated/α-hetero) is 2. The van der Waals surface area contributed by atoms with Crippen molar-refractivity contribution in [2.75, 3.05) is 10.2 Å². The molecule has 1 N–H and O–H groups in total. The number of benzene rings is 4. The van der Waals surface area contributed by atoms with E-state index < -0.39 is 23.4 Å². The fraction of sp³-hybridized carbons (Fsp3) is 0.216. The number of para-hydroxylation sites is 1. The van der Waals surface area contributed by atoms with E-state index in [4.69, 9.17) is 11.6 Å². The maximum absolute atomic E-state index is 14.9. The Hall–Kier alpha value is -4.48. The van der Waals surface area contributed by atoms with E-state index in [1.807, 2.05) is 95.9 Å². The third-order valence-corrected chi connectivity index (χ3v) is 9.32. The molecule has 0 saturated carbocycles. The molecule has 1 fully saturated rings. The predicted octanol–water partition coefficient (Wildman–Crippen LogP) is 7.39. The highest BCUT2D eigenvalue weighted by Gasteiger charge is 2.70. The Labute approximate surface area is 256 Å². The molecule has 4 aromatic rings. The SMILES string of the molecule is CC(C)Cc1ccc(C(=O)[C@@H]2[C@@H](C(=O)c3ccccc3)N3c4ccc(Cl)cc4C=C[C@@H]3[C@]23C(=O)Nc2ccccc23)cc1. The highest BCUT2D eigenvalue weighted by atomic mass is 35.5. The molecule has 5 nitrogen and oxygen atoms in total. The summed E-state index contributed by atoms with van der Waals surface area (Å²) in [5, 5.41) is 3.65. The Morgan fingerprint density at radius 1 is 0.884 bits per heavy atom. The van der Waals surface area contributed by atoms with Crippen molar-refractivity contribution < 1.29 is 14.4 Å². The Bertz CT molecular complexity index is 1800. The molecule has 214 valence electrons. The van der Waals surface area contributed by atoms with Crippen LogP contribution in [0.25, 0.3) is 6.08 Å². The summed E-state index contributed by atoms with van der Waals surface area (Å²) in [5.74, 6) is -1.23. The zero-order valence-electron chi connectivity index (χ0n) is 24.0. The van der Waals surface area contributed by atoms with Gasteiger partial charge in [-0.15, -0.1) is 0 Å². The standard InChI is InChI=1S/C37H31ClN2O3/c1-22(2)20-23-12-14-25(15-13-23)34(41)32-33(35(42)24-8-4-3-5-9-24)40-30-18-17-27(38)21-26(30)16-19-31(40)37(32)28-10-6-7-11-29(28)39-36(37)43/h3-19,21-22,31-33H,20H2,1-2H3,(H,39,43)/t31-,32+,33+,37+/m1/s1. The second kappa shape index (κ2) is 10.4. The van der Waals surface area contributed by atoms with Gasteiger partial charge in [0.25, 0.3) is 0 Å². The second-order valence-electron chi connectivity index (χ2n) is 12.1. The minimum Gasteiger partial charge on any atom is -0.352 e. The first-order valence-electron chi connectivity index (χ1n) is 14.7. The van der Waals surface area contributed by atoms with Gasteiger partial charge in [0.2, 0.25) is 5.91 Å². The molecule has 0 unspecified atom stereocenters. The molecule has 1 spiro atoms. The Morgan fingerprint density at radius 3 is 2.33 bits per heavy atom. The number of rotatable bonds is 6. The molecule has 7 rings (SSSR count). The van der Waals surface area contributed by atoms with Gasteiger partial charge in [-0.1, -0.05) is 110 Å². The van der Waals surface area contributed by atoms with Gasteiger partial charge in [-0.3, -0.25) is 14.4 Å². The largest absolute Gasteiger partial charge is 0.352 e. The minimum absolute atomic E-state index is 0.203. The predicted molar refractivity (Wildman–Crippen MR) is 171 cm³/mol. The molecule has 6 heteroatoms. The van der Waals surface area contributed by atoms with E-state index in [9.17, 15) is 14.4 Å². The fourth-order valence-corrected chi connectivity index (χ4v) is 7.56. The highest BCUT2D eigenvalue weighted by Crippen LogP contribution is 2.58. The number of halogens is 1. The third-order valence-electron chi connectivity index (χ3n) is 9.09. The number of anilines is 2. The van der Waals surface area contributed by atoms with Gasteiger partial charge in [-0.2, -0.15) is 0 Å². The first-order valence-corrected chi connectivity index (χ1v) is 15.1. The number of fused-ring (bicyclic) bond motifs is 6. The number of carbonyl (C=O) groups excluding carboxylic acids is 3. The first kappa shape index (κ1) is 27.4. The molecule has 3 heterocycles. The minimum atomic E-state index is -1.34. The van der Waals surface area contributed by atoms with E-state index in [1.165, 1.54) is 0 Å². The van der Waals surface area contributed by atoms with Crippen LogP contribution in [0.1, 0.15) is 51.3 Å². The first-order chi connectivity index (χ1) is 20.8. The zero-order valence-corrected chi connectivity index (χ0v) is 24.7. The average Bonchev–Trinajstić information content (AvgIpc) is 3.49. The van der Waals surface area contributed by atoms with E-state index in [0.717, 1.165) is 28.8 Å². The lowest BCUT2D eigenvalue weighted by Crippen LogP contribution is -2.51. The number of ketones is 2. The van der Waals surface area contributed by atoms with Gasteiger partial charge in [-0.05, 0) is 53.3 Å². The molecule has 4 atom stereocenters. The second-order valence-corrected chi connectivity index (χ2v) is 12.5. The Kier molecular flexibility index (Phi) is 6.59. The molecule has 1 saturated heterocycles. The van der Waals surface area contributed by atoms with E-state index in [0.29, 0.717) is 27.8 Å². The Balaban J connectivity index is 1.49. The quantitative estimate of drug-likeness (QED) is 0.239. The van der Waals surface area contributed by atoms with Crippen molar-refractivity contribution >= 4 is 46.5 Å². The van der Waals surface area contributed by atoms with Gasteiger partial charge in [0.15, 0.2) is 11.6 Å². The average molecular weight is 587 g/mol. The molecule has 0 aliphatic carbocycles. The summed E-state index contributed by atoms with van der Waals surface area (Å²) < 4.78 is 0. The lowest BCUT2D eigenvalue weighted by atomic mass is 9.64. The highest BCUT2D eigenvalue weighted by molar-refractivity contribution is 6.31. The normalized spacial score (nSPS) is 23.2. The topological polar surface area (TPSA) is 66.5 Å². The molecule has 43 heavy (non-hydrogen) atoms. The van der Waals surface area contributed by atoms with Gasteiger partial charge in [-0.25, -0.2) is 0 Å². The lowest BCUT2D eigenvalue weighted by Gasteiger charge is -2.37. The van der Waals surface area contributed by atoms with Crippen LogP contribution >= 0.6 is 11.6 Å². The summed E-state index contributed by atoms with van der Waals surface area (Å²) in [6, 6.07) is 28.2. The summed E-state index contributed by atoms with van der Waals surface area (Å²) in [6.45, 7) is 4.32. The molecule has 0 bridgehead atoms. The van der Waals surface area contributed by atoms with Crippen LogP contribution in [0.15, 0.2) is 103 Å². The maximum atomic E-state index is 14.9. The van der Waals surface area contributed by atoms with Crippen LogP contribution < -0.4 is 10.2 Å². The molecule has 0 aromatic heterocycles. The monoisotopic (exact) mass is 586 g/mol. The van der Waals surface area contributed by atoms with E-state index >= 15 is 0 Å². The Morgan fingerprint density at radius 2 is 1.58 bits per heavy atom. The maximum Gasteiger partial charge on any atom is 0.238 e. The van der Waals surface area contributed by atoms with E-state index in [-0.39, 0.29) is 17.5 Å². The van der Waals surface area contributed by atoms with Crippen LogP contribution in [0, 0.1) is 11.8 Å². The van der Waals surface area contributed by atoms with Crippen LogP contribution in [0.4, 0.5) is 11.4 Å². The lowest BCUT2D eigenvalue weighted by molar-refractivity contribution is -0.121. The molecule has 4 aromatic carbocycles. The van der Waals surface area contributed by atoms with Crippen molar-refractivity contribution in [2.45, 2.75) is 37.8 Å². The molecule has 1 amide bonds. The van der Waals surface area contributed by atoms with Gasteiger partial charge in [0, 0.05) is 27.5 Å². The molecule has 3 aliphatic heterocycles. The molecule has 3 aliphatic rings. The number of hydrogen-bond acceptors (Lipinski definition) is 4. The third kappa shape index (κ3) is 4.17. The van der Waals surface area contributed by atoms with Crippen LogP contribution in [-0.2, 0) is 16.6 Å². The molecular weight excluding hydrogens is 556 g/mol. The molecule has 0 radical (unpaired) electrons. The zero-order chi connectivity index (χ0) is 29.9. The number of nitrogens with one attached hydrogen (secondary N) is 1. The van der Waals surface area contributed by atoms with Crippen molar-refractivity contribution in [1.29, 1.82) is 0 Å². The summed E-state index contributed by atoms with van der Waals surface area (Å²) in [6.07, 6.45) is 4.81. The van der Waals surface area contributed by atoms with Crippen molar-refractivity contribution in [3.63, 3.8) is 0 Å². The van der Waals surface area contributed by atoms with E-state index in [1.54, 1.807) is 18.2 Å². The van der Waals surface area contributed by atoms with Crippen molar-refractivity contribution in [3.05, 3.63) is 136 Å². The van der Waals surface area contributed by atoms with Crippen molar-refractivity contribution in [1.82, 2.24) is 0 Å².